The van der Waals surface area contributed by atoms with Crippen molar-refractivity contribution in [3.05, 3.63) is 162 Å². The molecule has 4 nitrogen and oxygen atoms in total. The Bertz CT molecular complexity index is 2360. The minimum Gasteiger partial charge on any atom is -0.344 e. The summed E-state index contributed by atoms with van der Waals surface area (Å²) in [6, 6.07) is 51.4. The first-order chi connectivity index (χ1) is 21.8. The Kier molecular flexibility index (Phi) is 5.71. The number of benzene rings is 6. The molecule has 8 aromatic rings. The van der Waals surface area contributed by atoms with Gasteiger partial charge in [0.15, 0.2) is 5.84 Å². The van der Waals surface area contributed by atoms with E-state index in [1.807, 2.05) is 47.7 Å². The Balaban J connectivity index is 1.33. The van der Waals surface area contributed by atoms with E-state index < -0.39 is 0 Å². The summed E-state index contributed by atoms with van der Waals surface area (Å²) >= 11 is 1.84. The second kappa shape index (κ2) is 10.0. The van der Waals surface area contributed by atoms with Gasteiger partial charge in [0.25, 0.3) is 0 Å². The summed E-state index contributed by atoms with van der Waals surface area (Å²) in [5.41, 5.74) is 6.68. The first-order valence-corrected chi connectivity index (χ1v) is 15.6. The van der Waals surface area contributed by atoms with Gasteiger partial charge in [0.2, 0.25) is 0 Å². The van der Waals surface area contributed by atoms with Crippen molar-refractivity contribution in [3.63, 3.8) is 0 Å². The van der Waals surface area contributed by atoms with Gasteiger partial charge in [-0.15, -0.1) is 11.3 Å². The maximum absolute atomic E-state index is 5.22. The lowest BCUT2D eigenvalue weighted by atomic mass is 10.0. The maximum Gasteiger partial charge on any atom is 0.159 e. The Morgan fingerprint density at radius 2 is 1.16 bits per heavy atom. The largest absolute Gasteiger partial charge is 0.344 e. The summed E-state index contributed by atoms with van der Waals surface area (Å²) in [4.78, 5) is 10.2. The molecule has 1 aliphatic rings. The number of aromatic nitrogens is 1. The molecule has 208 valence electrons. The average Bonchev–Trinajstić information content (AvgIpc) is 3.64. The van der Waals surface area contributed by atoms with E-state index in [0.717, 1.165) is 34.0 Å². The molecule has 0 radical (unpaired) electrons. The minimum absolute atomic E-state index is 0.320. The van der Waals surface area contributed by atoms with E-state index in [0.29, 0.717) is 0 Å². The number of nitrogens with zero attached hydrogens (tertiary/aromatic N) is 3. The van der Waals surface area contributed by atoms with Crippen LogP contribution in [0.2, 0.25) is 0 Å². The molecule has 0 amide bonds. The van der Waals surface area contributed by atoms with E-state index in [2.05, 4.69) is 119 Å². The molecule has 2 aromatic heterocycles. The zero-order valence-electron chi connectivity index (χ0n) is 23.7. The fourth-order valence-corrected chi connectivity index (χ4v) is 7.62. The number of para-hydroxylation sites is 2. The molecule has 1 atom stereocenters. The van der Waals surface area contributed by atoms with Crippen molar-refractivity contribution in [1.82, 2.24) is 9.88 Å². The standard InChI is InChI=1S/C39H26N4S/c1-3-13-25(14-4-1)37-40-38(26-15-5-2-6-16-26)42-39(41-37)27-23-33(36-30-19-9-12-22-34(30)44-35(36)24-27)43-31-20-10-7-17-28(31)29-18-8-11-21-32(29)43/h1-24,39H,(H,40,41,42). The summed E-state index contributed by atoms with van der Waals surface area (Å²) in [7, 11) is 0. The maximum atomic E-state index is 5.22. The van der Waals surface area contributed by atoms with Crippen LogP contribution in [-0.4, -0.2) is 16.2 Å². The van der Waals surface area contributed by atoms with Gasteiger partial charge < -0.3 is 9.88 Å². The lowest BCUT2D eigenvalue weighted by Gasteiger charge is -2.24. The third-order valence-corrected chi connectivity index (χ3v) is 9.56. The van der Waals surface area contributed by atoms with E-state index in [1.165, 1.54) is 42.0 Å². The number of nitrogens with one attached hydrogen (secondary N) is 1. The van der Waals surface area contributed by atoms with Crippen molar-refractivity contribution in [2.24, 2.45) is 9.98 Å². The number of thiophene rings is 1. The minimum atomic E-state index is -0.320. The molecule has 0 bridgehead atoms. The van der Waals surface area contributed by atoms with Gasteiger partial charge in [-0.3, -0.25) is 0 Å². The topological polar surface area (TPSA) is 41.7 Å². The molecule has 1 aliphatic heterocycles. The quantitative estimate of drug-likeness (QED) is 0.221. The van der Waals surface area contributed by atoms with Crippen LogP contribution < -0.4 is 5.32 Å². The Morgan fingerprint density at radius 1 is 0.568 bits per heavy atom. The van der Waals surface area contributed by atoms with Crippen LogP contribution in [0.25, 0.3) is 47.7 Å². The fraction of sp³-hybridized carbons (Fsp3) is 0.0256. The number of amidine groups is 2. The monoisotopic (exact) mass is 582 g/mol. The van der Waals surface area contributed by atoms with E-state index in [9.17, 15) is 0 Å². The second-order valence-electron chi connectivity index (χ2n) is 11.1. The van der Waals surface area contributed by atoms with Crippen molar-refractivity contribution in [3.8, 4) is 5.69 Å². The summed E-state index contributed by atoms with van der Waals surface area (Å²) in [5.74, 6) is 1.54. The van der Waals surface area contributed by atoms with Gasteiger partial charge in [-0.25, -0.2) is 9.98 Å². The molecule has 0 saturated heterocycles. The van der Waals surface area contributed by atoms with Gasteiger partial charge in [0.1, 0.15) is 12.0 Å². The third-order valence-electron chi connectivity index (χ3n) is 8.44. The number of hydrogen-bond acceptors (Lipinski definition) is 4. The van der Waals surface area contributed by atoms with Crippen LogP contribution >= 0.6 is 11.3 Å². The Morgan fingerprint density at radius 3 is 1.86 bits per heavy atom. The fourth-order valence-electron chi connectivity index (χ4n) is 6.45. The zero-order chi connectivity index (χ0) is 29.0. The zero-order valence-corrected chi connectivity index (χ0v) is 24.5. The second-order valence-corrected chi connectivity index (χ2v) is 12.2. The van der Waals surface area contributed by atoms with Gasteiger partial charge in [-0.2, -0.15) is 0 Å². The van der Waals surface area contributed by atoms with Crippen molar-refractivity contribution in [1.29, 1.82) is 0 Å². The van der Waals surface area contributed by atoms with Gasteiger partial charge in [-0.05, 0) is 35.9 Å². The van der Waals surface area contributed by atoms with Crippen molar-refractivity contribution in [2.45, 2.75) is 6.17 Å². The number of fused-ring (bicyclic) bond motifs is 6. The molecule has 6 aromatic carbocycles. The van der Waals surface area contributed by atoms with Gasteiger partial charge in [-0.1, -0.05) is 115 Å². The van der Waals surface area contributed by atoms with Crippen molar-refractivity contribution in [2.75, 3.05) is 0 Å². The van der Waals surface area contributed by atoms with Crippen LogP contribution in [0.1, 0.15) is 22.9 Å². The molecule has 1 unspecified atom stereocenters. The lowest BCUT2D eigenvalue weighted by molar-refractivity contribution is 0.675. The predicted octanol–water partition coefficient (Wildman–Crippen LogP) is 9.65. The molecule has 9 rings (SSSR count). The van der Waals surface area contributed by atoms with Gasteiger partial charge in [0.05, 0.1) is 16.7 Å². The lowest BCUT2D eigenvalue weighted by Crippen LogP contribution is -2.33. The van der Waals surface area contributed by atoms with E-state index >= 15 is 0 Å². The number of rotatable bonds is 4. The first kappa shape index (κ1) is 25.0. The van der Waals surface area contributed by atoms with Crippen LogP contribution in [0.15, 0.2) is 156 Å². The summed E-state index contributed by atoms with van der Waals surface area (Å²) in [5, 5.41) is 8.72. The summed E-state index contributed by atoms with van der Waals surface area (Å²) in [6.07, 6.45) is -0.320. The molecule has 3 heterocycles. The van der Waals surface area contributed by atoms with Gasteiger partial charge in [0, 0.05) is 42.1 Å². The molecule has 0 fully saturated rings. The molecular formula is C39H26N4S. The molecule has 0 spiro atoms. The van der Waals surface area contributed by atoms with Crippen LogP contribution in [0.4, 0.5) is 0 Å². The number of hydrogen-bond donors (Lipinski definition) is 1. The Labute approximate surface area is 258 Å². The third kappa shape index (κ3) is 3.98. The molecular weight excluding hydrogens is 557 g/mol. The van der Waals surface area contributed by atoms with Crippen molar-refractivity contribution < 1.29 is 0 Å². The molecule has 44 heavy (non-hydrogen) atoms. The smallest absolute Gasteiger partial charge is 0.159 e. The normalized spacial score (nSPS) is 15.0. The van der Waals surface area contributed by atoms with E-state index in [4.69, 9.17) is 9.98 Å². The van der Waals surface area contributed by atoms with Gasteiger partial charge >= 0.3 is 0 Å². The average molecular weight is 583 g/mol. The summed E-state index contributed by atoms with van der Waals surface area (Å²) in [6.45, 7) is 0. The van der Waals surface area contributed by atoms with E-state index in [-0.39, 0.29) is 6.17 Å². The molecule has 1 N–H and O–H groups in total. The van der Waals surface area contributed by atoms with Crippen molar-refractivity contribution >= 4 is 65.0 Å². The Hall–Kier alpha value is -5.52. The van der Waals surface area contributed by atoms with Crippen LogP contribution in [0.5, 0.6) is 0 Å². The summed E-state index contributed by atoms with van der Waals surface area (Å²) < 4.78 is 4.95. The SMILES string of the molecule is c1ccc(C2=NC(c3cc(-n4c5ccccc5c5ccccc54)c4c(c3)sc3ccccc34)NC(c3ccccc3)=N2)cc1. The molecule has 5 heteroatoms. The highest BCUT2D eigenvalue weighted by Gasteiger charge is 2.24. The highest BCUT2D eigenvalue weighted by atomic mass is 32.1. The number of aliphatic imine (C=N–C) groups is 2. The first-order valence-electron chi connectivity index (χ1n) is 14.8. The highest BCUT2D eigenvalue weighted by molar-refractivity contribution is 7.25. The van der Waals surface area contributed by atoms with Crippen LogP contribution in [0.3, 0.4) is 0 Å². The molecule has 0 aliphatic carbocycles. The highest BCUT2D eigenvalue weighted by Crippen LogP contribution is 2.42. The van der Waals surface area contributed by atoms with E-state index in [1.54, 1.807) is 0 Å². The molecule has 0 saturated carbocycles. The van der Waals surface area contributed by atoms with Crippen LogP contribution in [0, 0.1) is 0 Å². The predicted molar refractivity (Wildman–Crippen MR) is 186 cm³/mol. The van der Waals surface area contributed by atoms with Crippen LogP contribution in [-0.2, 0) is 0 Å².